The largest absolute Gasteiger partial charge is 0.273 e. The lowest BCUT2D eigenvalue weighted by Crippen LogP contribution is -2.04. The Balaban J connectivity index is 0.00000151. The fourth-order valence-electron chi connectivity index (χ4n) is 5.31. The molecule has 0 spiro atoms. The molecular weight excluding hydrogens is 482 g/mol. The molecule has 6 aromatic rings. The molecule has 2 aromatic carbocycles. The molecule has 7 nitrogen and oxygen atoms in total. The van der Waals surface area contributed by atoms with E-state index in [1.54, 1.807) is 4.68 Å². The van der Waals surface area contributed by atoms with E-state index in [0.29, 0.717) is 5.92 Å². The van der Waals surface area contributed by atoms with Gasteiger partial charge in [0.15, 0.2) is 5.65 Å². The first kappa shape index (κ1) is 26.4. The van der Waals surface area contributed by atoms with Crippen LogP contribution in [0.1, 0.15) is 56.1 Å². The first-order chi connectivity index (χ1) is 18.9. The molecule has 0 N–H and O–H groups in total. The van der Waals surface area contributed by atoms with Gasteiger partial charge in [0.1, 0.15) is 0 Å². The smallest absolute Gasteiger partial charge is 0.181 e. The van der Waals surface area contributed by atoms with Crippen molar-refractivity contribution in [1.82, 2.24) is 34.3 Å². The van der Waals surface area contributed by atoms with Gasteiger partial charge in [-0.2, -0.15) is 15.3 Å². The summed E-state index contributed by atoms with van der Waals surface area (Å²) in [6.07, 6.45) is 5.11. The summed E-state index contributed by atoms with van der Waals surface area (Å²) >= 11 is 0. The second-order valence-electron chi connectivity index (χ2n) is 10.1. The van der Waals surface area contributed by atoms with Crippen molar-refractivity contribution in [3.8, 4) is 16.9 Å². The molecular formula is C32H37N7. The van der Waals surface area contributed by atoms with Gasteiger partial charge in [0.25, 0.3) is 0 Å². The van der Waals surface area contributed by atoms with Crippen LogP contribution < -0.4 is 0 Å². The van der Waals surface area contributed by atoms with Crippen LogP contribution in [-0.4, -0.2) is 34.3 Å². The van der Waals surface area contributed by atoms with E-state index in [1.807, 2.05) is 34.0 Å². The maximum atomic E-state index is 5.21. The topological polar surface area (TPSA) is 66.3 Å². The third-order valence-corrected chi connectivity index (χ3v) is 7.07. The second-order valence-corrected chi connectivity index (χ2v) is 10.1. The molecule has 39 heavy (non-hydrogen) atoms. The Morgan fingerprint density at radius 3 is 2.38 bits per heavy atom. The van der Waals surface area contributed by atoms with E-state index in [1.165, 1.54) is 11.1 Å². The molecule has 0 aliphatic rings. The molecule has 4 aromatic heterocycles. The number of aromatic nitrogens is 7. The maximum Gasteiger partial charge on any atom is 0.181 e. The molecule has 200 valence electrons. The van der Waals surface area contributed by atoms with Gasteiger partial charge in [-0.1, -0.05) is 70.2 Å². The van der Waals surface area contributed by atoms with Gasteiger partial charge in [-0.15, -0.1) is 0 Å². The lowest BCUT2D eigenvalue weighted by Gasteiger charge is -2.10. The van der Waals surface area contributed by atoms with Crippen LogP contribution in [0.4, 0.5) is 0 Å². The van der Waals surface area contributed by atoms with Gasteiger partial charge < -0.3 is 0 Å². The minimum Gasteiger partial charge on any atom is -0.273 e. The number of fused-ring (bicyclic) bond motifs is 2. The average Bonchev–Trinajstić information content (AvgIpc) is 3.62. The third kappa shape index (κ3) is 4.97. The van der Waals surface area contributed by atoms with Crippen LogP contribution in [0.25, 0.3) is 38.9 Å². The molecule has 0 atom stereocenters. The van der Waals surface area contributed by atoms with Crippen LogP contribution in [0.3, 0.4) is 0 Å². The Morgan fingerprint density at radius 1 is 0.872 bits per heavy atom. The van der Waals surface area contributed by atoms with Gasteiger partial charge in [-0.25, -0.2) is 9.67 Å². The SMILES string of the molecule is CC.Cc1nc2nn(C)cc2cc1-n1nc(-c2cccc3nn(CCc4ccccc4)cc23)c(C(C)C)c1C. The zero-order valence-electron chi connectivity index (χ0n) is 24.0. The summed E-state index contributed by atoms with van der Waals surface area (Å²) in [6.45, 7) is 13.5. The maximum absolute atomic E-state index is 5.21. The van der Waals surface area contributed by atoms with Gasteiger partial charge in [0, 0.05) is 53.6 Å². The molecule has 4 heterocycles. The summed E-state index contributed by atoms with van der Waals surface area (Å²) < 4.78 is 5.92. The highest BCUT2D eigenvalue weighted by Crippen LogP contribution is 2.36. The summed E-state index contributed by atoms with van der Waals surface area (Å²) in [5.74, 6) is 0.308. The fraction of sp³-hybridized carbons (Fsp3) is 0.312. The van der Waals surface area contributed by atoms with Crippen molar-refractivity contribution >= 4 is 21.9 Å². The van der Waals surface area contributed by atoms with E-state index in [4.69, 9.17) is 15.2 Å². The summed E-state index contributed by atoms with van der Waals surface area (Å²) in [5, 5.41) is 16.7. The van der Waals surface area contributed by atoms with E-state index in [0.717, 1.165) is 63.2 Å². The predicted molar refractivity (Wildman–Crippen MR) is 159 cm³/mol. The van der Waals surface area contributed by atoms with Gasteiger partial charge >= 0.3 is 0 Å². The highest BCUT2D eigenvalue weighted by atomic mass is 15.3. The number of aryl methyl sites for hydroxylation is 4. The highest BCUT2D eigenvalue weighted by Gasteiger charge is 2.23. The van der Waals surface area contributed by atoms with Gasteiger partial charge in [0.05, 0.1) is 22.6 Å². The first-order valence-electron chi connectivity index (χ1n) is 13.8. The van der Waals surface area contributed by atoms with E-state index < -0.39 is 0 Å². The molecule has 0 bridgehead atoms. The number of benzene rings is 2. The molecule has 7 heteroatoms. The minimum absolute atomic E-state index is 0.308. The van der Waals surface area contributed by atoms with Crippen LogP contribution in [0, 0.1) is 13.8 Å². The molecule has 0 aliphatic heterocycles. The van der Waals surface area contributed by atoms with Crippen LogP contribution in [0.2, 0.25) is 0 Å². The lowest BCUT2D eigenvalue weighted by molar-refractivity contribution is 0.621. The van der Waals surface area contributed by atoms with Gasteiger partial charge in [-0.05, 0) is 43.9 Å². The van der Waals surface area contributed by atoms with Crippen molar-refractivity contribution in [3.63, 3.8) is 0 Å². The Labute approximate surface area is 230 Å². The highest BCUT2D eigenvalue weighted by molar-refractivity contribution is 5.94. The fourth-order valence-corrected chi connectivity index (χ4v) is 5.31. The Bertz CT molecular complexity index is 1740. The molecule has 0 saturated heterocycles. The van der Waals surface area contributed by atoms with E-state index >= 15 is 0 Å². The van der Waals surface area contributed by atoms with E-state index in [-0.39, 0.29) is 0 Å². The zero-order valence-corrected chi connectivity index (χ0v) is 24.0. The van der Waals surface area contributed by atoms with Crippen molar-refractivity contribution < 1.29 is 0 Å². The molecule has 0 saturated carbocycles. The Morgan fingerprint density at radius 2 is 1.64 bits per heavy atom. The molecule has 6 rings (SSSR count). The molecule has 0 radical (unpaired) electrons. The Hall–Kier alpha value is -4.26. The van der Waals surface area contributed by atoms with Crippen LogP contribution in [-0.2, 0) is 20.0 Å². The first-order valence-corrected chi connectivity index (χ1v) is 13.8. The number of rotatable bonds is 6. The van der Waals surface area contributed by atoms with Gasteiger partial charge in [-0.3, -0.25) is 9.36 Å². The van der Waals surface area contributed by atoms with Crippen molar-refractivity contribution in [2.45, 2.75) is 60.4 Å². The molecule has 0 aliphatic carbocycles. The standard InChI is InChI=1S/C30H31N7.C2H6/c1-19(2)28-21(4)37(27-16-23-17-35(5)34-30(23)31-20(27)3)33-29(28)24-12-9-13-26-25(24)18-36(32-26)15-14-22-10-7-6-8-11-22;1-2/h6-13,16-19H,14-15H2,1-5H3;1-2H3. The second kappa shape index (κ2) is 10.8. The zero-order chi connectivity index (χ0) is 27.7. The van der Waals surface area contributed by atoms with Crippen LogP contribution >= 0.6 is 0 Å². The summed E-state index contributed by atoms with van der Waals surface area (Å²) in [4.78, 5) is 4.76. The van der Waals surface area contributed by atoms with Crippen molar-refractivity contribution in [2.24, 2.45) is 7.05 Å². The summed E-state index contributed by atoms with van der Waals surface area (Å²) in [6, 6.07) is 19.0. The average molecular weight is 520 g/mol. The summed E-state index contributed by atoms with van der Waals surface area (Å²) in [7, 11) is 1.92. The number of hydrogen-bond donors (Lipinski definition) is 0. The Kier molecular flexibility index (Phi) is 7.33. The van der Waals surface area contributed by atoms with E-state index in [9.17, 15) is 0 Å². The third-order valence-electron chi connectivity index (χ3n) is 7.07. The minimum atomic E-state index is 0.308. The number of hydrogen-bond acceptors (Lipinski definition) is 4. The van der Waals surface area contributed by atoms with E-state index in [2.05, 4.69) is 96.0 Å². The monoisotopic (exact) mass is 519 g/mol. The lowest BCUT2D eigenvalue weighted by atomic mass is 9.95. The normalized spacial score (nSPS) is 11.4. The quantitative estimate of drug-likeness (QED) is 0.234. The van der Waals surface area contributed by atoms with Crippen LogP contribution in [0.5, 0.6) is 0 Å². The number of pyridine rings is 1. The molecule has 0 fully saturated rings. The predicted octanol–water partition coefficient (Wildman–Crippen LogP) is 7.18. The molecule has 0 amide bonds. The summed E-state index contributed by atoms with van der Waals surface area (Å²) in [5.41, 5.74) is 9.44. The number of nitrogens with zero attached hydrogens (tertiary/aromatic N) is 7. The van der Waals surface area contributed by atoms with Crippen molar-refractivity contribution in [3.05, 3.63) is 89.5 Å². The molecule has 0 unspecified atom stereocenters. The van der Waals surface area contributed by atoms with Gasteiger partial charge in [0.2, 0.25) is 0 Å². The van der Waals surface area contributed by atoms with Crippen LogP contribution in [0.15, 0.2) is 67.0 Å². The van der Waals surface area contributed by atoms with Crippen molar-refractivity contribution in [2.75, 3.05) is 0 Å². The van der Waals surface area contributed by atoms with Crippen molar-refractivity contribution in [1.29, 1.82) is 0 Å².